The molecule has 1 saturated heterocycles. The SMILES string of the molecule is COc1cccc(F)c1CN1CC[C@H](c2nccc(C)n2)C1. The van der Waals surface area contributed by atoms with Gasteiger partial charge in [-0.05, 0) is 38.1 Å². The van der Waals surface area contributed by atoms with E-state index in [0.717, 1.165) is 31.0 Å². The quantitative estimate of drug-likeness (QED) is 0.870. The van der Waals surface area contributed by atoms with Gasteiger partial charge in [-0.25, -0.2) is 14.4 Å². The number of ether oxygens (including phenoxy) is 1. The highest BCUT2D eigenvalue weighted by Crippen LogP contribution is 2.29. The molecule has 1 fully saturated rings. The molecule has 2 aromatic rings. The highest BCUT2D eigenvalue weighted by atomic mass is 19.1. The number of aryl methyl sites for hydroxylation is 1. The maximum Gasteiger partial charge on any atom is 0.132 e. The second-order valence-corrected chi connectivity index (χ2v) is 5.70. The topological polar surface area (TPSA) is 38.2 Å². The summed E-state index contributed by atoms with van der Waals surface area (Å²) in [7, 11) is 1.58. The molecule has 1 aliphatic heterocycles. The van der Waals surface area contributed by atoms with Crippen molar-refractivity contribution in [2.45, 2.75) is 25.8 Å². The maximum absolute atomic E-state index is 14.0. The van der Waals surface area contributed by atoms with Gasteiger partial charge >= 0.3 is 0 Å². The Morgan fingerprint density at radius 3 is 3.00 bits per heavy atom. The number of benzene rings is 1. The van der Waals surface area contributed by atoms with Crippen molar-refractivity contribution < 1.29 is 9.13 Å². The molecule has 5 heteroatoms. The van der Waals surface area contributed by atoms with Crippen molar-refractivity contribution in [1.29, 1.82) is 0 Å². The van der Waals surface area contributed by atoms with E-state index in [-0.39, 0.29) is 5.82 Å². The molecule has 0 N–H and O–H groups in total. The van der Waals surface area contributed by atoms with E-state index in [4.69, 9.17) is 4.74 Å². The van der Waals surface area contributed by atoms with E-state index in [2.05, 4.69) is 14.9 Å². The molecule has 0 aliphatic carbocycles. The molecule has 0 saturated carbocycles. The van der Waals surface area contributed by atoms with Gasteiger partial charge in [0.15, 0.2) is 0 Å². The third-order valence-electron chi connectivity index (χ3n) is 4.13. The molecule has 0 unspecified atom stereocenters. The van der Waals surface area contributed by atoms with Crippen LogP contribution in [0, 0.1) is 12.7 Å². The summed E-state index contributed by atoms with van der Waals surface area (Å²) in [5, 5.41) is 0. The second-order valence-electron chi connectivity index (χ2n) is 5.70. The van der Waals surface area contributed by atoms with Gasteiger partial charge in [0.2, 0.25) is 0 Å². The smallest absolute Gasteiger partial charge is 0.132 e. The first-order valence-electron chi connectivity index (χ1n) is 7.50. The van der Waals surface area contributed by atoms with Gasteiger partial charge in [-0.15, -0.1) is 0 Å². The minimum Gasteiger partial charge on any atom is -0.496 e. The summed E-state index contributed by atoms with van der Waals surface area (Å²) in [6.07, 6.45) is 2.81. The molecule has 3 rings (SSSR count). The van der Waals surface area contributed by atoms with Crippen LogP contribution in [0.5, 0.6) is 5.75 Å². The third-order valence-corrected chi connectivity index (χ3v) is 4.13. The molecule has 1 aromatic heterocycles. The molecular formula is C17H20FN3O. The lowest BCUT2D eigenvalue weighted by Crippen LogP contribution is -2.21. The van der Waals surface area contributed by atoms with Crippen LogP contribution < -0.4 is 4.74 Å². The van der Waals surface area contributed by atoms with E-state index in [1.807, 2.05) is 13.0 Å². The fourth-order valence-corrected chi connectivity index (χ4v) is 2.96. The first-order chi connectivity index (χ1) is 10.7. The van der Waals surface area contributed by atoms with Crippen LogP contribution in [0.15, 0.2) is 30.5 Å². The first kappa shape index (κ1) is 14.9. The van der Waals surface area contributed by atoms with Crippen molar-refractivity contribution in [3.8, 4) is 5.75 Å². The average Bonchev–Trinajstić information content (AvgIpc) is 2.98. The molecule has 1 aromatic carbocycles. The molecule has 0 spiro atoms. The number of likely N-dealkylation sites (tertiary alicyclic amines) is 1. The van der Waals surface area contributed by atoms with E-state index in [1.54, 1.807) is 25.4 Å². The Labute approximate surface area is 130 Å². The lowest BCUT2D eigenvalue weighted by atomic mass is 10.1. The van der Waals surface area contributed by atoms with Crippen molar-refractivity contribution >= 4 is 0 Å². The second kappa shape index (κ2) is 6.40. The van der Waals surface area contributed by atoms with Crippen LogP contribution in [0.3, 0.4) is 0 Å². The lowest BCUT2D eigenvalue weighted by molar-refractivity contribution is 0.309. The predicted octanol–water partition coefficient (Wildman–Crippen LogP) is 2.92. The molecule has 0 amide bonds. The molecular weight excluding hydrogens is 281 g/mol. The van der Waals surface area contributed by atoms with Crippen molar-refractivity contribution in [2.24, 2.45) is 0 Å². The monoisotopic (exact) mass is 301 g/mol. The van der Waals surface area contributed by atoms with Crippen LogP contribution in [0.4, 0.5) is 4.39 Å². The molecule has 0 radical (unpaired) electrons. The van der Waals surface area contributed by atoms with Crippen LogP contribution in [-0.2, 0) is 6.54 Å². The Balaban J connectivity index is 1.71. The average molecular weight is 301 g/mol. The zero-order valence-corrected chi connectivity index (χ0v) is 12.9. The lowest BCUT2D eigenvalue weighted by Gasteiger charge is -2.18. The van der Waals surface area contributed by atoms with Crippen molar-refractivity contribution in [1.82, 2.24) is 14.9 Å². The number of nitrogens with zero attached hydrogens (tertiary/aromatic N) is 3. The minimum atomic E-state index is -0.213. The van der Waals surface area contributed by atoms with Gasteiger partial charge in [0.05, 0.1) is 7.11 Å². The van der Waals surface area contributed by atoms with Crippen LogP contribution >= 0.6 is 0 Å². The Morgan fingerprint density at radius 2 is 2.23 bits per heavy atom. The fourth-order valence-electron chi connectivity index (χ4n) is 2.96. The van der Waals surface area contributed by atoms with E-state index < -0.39 is 0 Å². The van der Waals surface area contributed by atoms with Crippen molar-refractivity contribution in [3.63, 3.8) is 0 Å². The number of aromatic nitrogens is 2. The summed E-state index contributed by atoms with van der Waals surface area (Å²) >= 11 is 0. The van der Waals surface area contributed by atoms with E-state index in [0.29, 0.717) is 23.8 Å². The molecule has 0 bridgehead atoms. The minimum absolute atomic E-state index is 0.213. The van der Waals surface area contributed by atoms with E-state index in [1.165, 1.54) is 6.07 Å². The van der Waals surface area contributed by atoms with Gasteiger partial charge in [0.25, 0.3) is 0 Å². The number of methoxy groups -OCH3 is 1. The van der Waals surface area contributed by atoms with Crippen molar-refractivity contribution in [3.05, 3.63) is 53.4 Å². The summed E-state index contributed by atoms with van der Waals surface area (Å²) in [6, 6.07) is 6.86. The molecule has 1 atom stereocenters. The zero-order valence-electron chi connectivity index (χ0n) is 12.9. The Bertz CT molecular complexity index is 662. The maximum atomic E-state index is 14.0. The summed E-state index contributed by atoms with van der Waals surface area (Å²) in [4.78, 5) is 11.1. The molecule has 4 nitrogen and oxygen atoms in total. The summed E-state index contributed by atoms with van der Waals surface area (Å²) in [6.45, 7) is 4.29. The first-order valence-corrected chi connectivity index (χ1v) is 7.50. The van der Waals surface area contributed by atoms with Crippen LogP contribution in [0.1, 0.15) is 29.4 Å². The highest BCUT2D eigenvalue weighted by Gasteiger charge is 2.27. The fraction of sp³-hybridized carbons (Fsp3) is 0.412. The Kier molecular flexibility index (Phi) is 4.34. The van der Waals surface area contributed by atoms with Gasteiger partial charge < -0.3 is 4.74 Å². The summed E-state index contributed by atoms with van der Waals surface area (Å²) < 4.78 is 19.3. The molecule has 2 heterocycles. The van der Waals surface area contributed by atoms with Gasteiger partial charge in [-0.1, -0.05) is 6.07 Å². The van der Waals surface area contributed by atoms with Gasteiger partial charge in [-0.3, -0.25) is 4.90 Å². The largest absolute Gasteiger partial charge is 0.496 e. The number of rotatable bonds is 4. The molecule has 1 aliphatic rings. The van der Waals surface area contributed by atoms with Gasteiger partial charge in [0, 0.05) is 36.5 Å². The molecule has 116 valence electrons. The predicted molar refractivity (Wildman–Crippen MR) is 82.4 cm³/mol. The van der Waals surface area contributed by atoms with Crippen LogP contribution in [0.25, 0.3) is 0 Å². The van der Waals surface area contributed by atoms with E-state index in [9.17, 15) is 4.39 Å². The Morgan fingerprint density at radius 1 is 1.36 bits per heavy atom. The Hall–Kier alpha value is -2.01. The highest BCUT2D eigenvalue weighted by molar-refractivity contribution is 5.34. The normalized spacial score (nSPS) is 18.6. The van der Waals surface area contributed by atoms with Gasteiger partial charge in [-0.2, -0.15) is 0 Å². The number of hydrogen-bond donors (Lipinski definition) is 0. The number of halogens is 1. The van der Waals surface area contributed by atoms with Crippen LogP contribution in [0.2, 0.25) is 0 Å². The van der Waals surface area contributed by atoms with Gasteiger partial charge in [0.1, 0.15) is 17.4 Å². The standard InChI is InChI=1S/C17H20FN3O/c1-12-6-8-19-17(20-12)13-7-9-21(10-13)11-14-15(18)4-3-5-16(14)22-2/h3-6,8,13H,7,9-11H2,1-2H3/t13-/m0/s1. The zero-order chi connectivity index (χ0) is 15.5. The summed E-state index contributed by atoms with van der Waals surface area (Å²) in [5.41, 5.74) is 1.61. The third kappa shape index (κ3) is 3.09. The van der Waals surface area contributed by atoms with E-state index >= 15 is 0 Å². The summed E-state index contributed by atoms with van der Waals surface area (Å²) in [5.74, 6) is 1.60. The number of hydrogen-bond acceptors (Lipinski definition) is 4. The molecule has 22 heavy (non-hydrogen) atoms. The van der Waals surface area contributed by atoms with Crippen LogP contribution in [-0.4, -0.2) is 35.1 Å². The van der Waals surface area contributed by atoms with Crippen molar-refractivity contribution in [2.75, 3.05) is 20.2 Å².